The van der Waals surface area contributed by atoms with Crippen molar-refractivity contribution in [1.82, 2.24) is 9.97 Å². The van der Waals surface area contributed by atoms with Crippen LogP contribution in [0, 0.1) is 0 Å². The molecule has 1 unspecified atom stereocenters. The van der Waals surface area contributed by atoms with Crippen LogP contribution in [0.4, 0.5) is 11.6 Å². The summed E-state index contributed by atoms with van der Waals surface area (Å²) >= 11 is 3.29. The van der Waals surface area contributed by atoms with E-state index in [-0.39, 0.29) is 0 Å². The molecule has 0 saturated heterocycles. The van der Waals surface area contributed by atoms with E-state index in [1.165, 1.54) is 16.6 Å². The second-order valence-electron chi connectivity index (χ2n) is 4.49. The maximum Gasteiger partial charge on any atom is 0.191 e. The summed E-state index contributed by atoms with van der Waals surface area (Å²) in [4.78, 5) is 12.3. The first kappa shape index (κ1) is 15.1. The zero-order valence-electron chi connectivity index (χ0n) is 11.8. The summed E-state index contributed by atoms with van der Waals surface area (Å²) in [7, 11) is 2.05. The summed E-state index contributed by atoms with van der Waals surface area (Å²) in [6.07, 6.45) is 2.95. The largest absolute Gasteiger partial charge is 0.356 e. The number of rotatable bonds is 6. The van der Waals surface area contributed by atoms with Crippen molar-refractivity contribution in [3.63, 3.8) is 0 Å². The Morgan fingerprint density at radius 3 is 2.90 bits per heavy atom. The lowest BCUT2D eigenvalue weighted by atomic mass is 10.2. The van der Waals surface area contributed by atoms with Gasteiger partial charge < -0.3 is 10.3 Å². The first-order chi connectivity index (χ1) is 9.63. The third-order valence-electron chi connectivity index (χ3n) is 3.12. The molecule has 7 heteroatoms. The lowest BCUT2D eigenvalue weighted by molar-refractivity contribution is 0.675. The van der Waals surface area contributed by atoms with Gasteiger partial charge in [-0.05, 0) is 24.6 Å². The molecule has 2 heterocycles. The van der Waals surface area contributed by atoms with Crippen molar-refractivity contribution in [1.29, 1.82) is 0 Å². The Morgan fingerprint density at radius 2 is 2.30 bits per heavy atom. The van der Waals surface area contributed by atoms with Gasteiger partial charge >= 0.3 is 0 Å². The molecule has 20 heavy (non-hydrogen) atoms. The van der Waals surface area contributed by atoms with Crippen molar-refractivity contribution in [3.05, 3.63) is 28.5 Å². The van der Waals surface area contributed by atoms with E-state index < -0.39 is 0 Å². The summed E-state index contributed by atoms with van der Waals surface area (Å²) < 4.78 is 0. The number of aromatic nitrogens is 2. The number of hydrogen-bond acceptors (Lipinski definition) is 7. The number of hydrogen-bond donors (Lipinski definition) is 2. The Labute approximate surface area is 127 Å². The molecule has 0 bridgehead atoms. The molecule has 0 radical (unpaired) electrons. The minimum absolute atomic E-state index is 0.351. The molecule has 0 spiro atoms. The van der Waals surface area contributed by atoms with Crippen molar-refractivity contribution in [3.8, 4) is 0 Å². The molecule has 3 N–H and O–H groups in total. The lowest BCUT2D eigenvalue weighted by Gasteiger charge is -2.26. The van der Waals surface area contributed by atoms with Gasteiger partial charge in [0, 0.05) is 30.5 Å². The number of likely N-dealkylation sites (N-methyl/N-ethyl adjacent to an activating group) is 1. The van der Waals surface area contributed by atoms with Crippen molar-refractivity contribution >= 4 is 34.7 Å². The smallest absolute Gasteiger partial charge is 0.191 e. The van der Waals surface area contributed by atoms with Gasteiger partial charge in [-0.3, -0.25) is 0 Å². The fraction of sp³-hybridized carbons (Fsp3) is 0.385. The number of nitrogens with two attached hydrogens (primary N) is 1. The van der Waals surface area contributed by atoms with Crippen molar-refractivity contribution in [2.45, 2.75) is 24.5 Å². The molecular formula is C13H19N5S2. The summed E-state index contributed by atoms with van der Waals surface area (Å²) in [5.74, 6) is 6.97. The van der Waals surface area contributed by atoms with E-state index in [4.69, 9.17) is 5.84 Å². The summed E-state index contributed by atoms with van der Waals surface area (Å²) in [6.45, 7) is 2.19. The highest BCUT2D eigenvalue weighted by Crippen LogP contribution is 2.22. The number of hydrazine groups is 1. The summed E-state index contributed by atoms with van der Waals surface area (Å²) in [5.41, 5.74) is 2.59. The van der Waals surface area contributed by atoms with Crippen LogP contribution in [0.2, 0.25) is 0 Å². The van der Waals surface area contributed by atoms with Crippen molar-refractivity contribution < 1.29 is 0 Å². The van der Waals surface area contributed by atoms with E-state index in [0.717, 1.165) is 12.2 Å². The first-order valence-corrected chi connectivity index (χ1v) is 8.39. The lowest BCUT2D eigenvalue weighted by Crippen LogP contribution is -2.31. The molecule has 2 aromatic heterocycles. The Kier molecular flexibility index (Phi) is 5.22. The highest BCUT2D eigenvalue weighted by Gasteiger charge is 2.14. The average Bonchev–Trinajstić information content (AvgIpc) is 2.98. The number of anilines is 2. The minimum atomic E-state index is 0.351. The molecule has 1 atom stereocenters. The van der Waals surface area contributed by atoms with Crippen LogP contribution in [0.25, 0.3) is 0 Å². The van der Waals surface area contributed by atoms with Gasteiger partial charge in [0.15, 0.2) is 5.16 Å². The number of nitrogen functional groups attached to an aromatic ring is 1. The monoisotopic (exact) mass is 309 g/mol. The Hall–Kier alpha value is -1.31. The molecule has 108 valence electrons. The van der Waals surface area contributed by atoms with Gasteiger partial charge in [0.2, 0.25) is 0 Å². The number of nitrogens with zero attached hydrogens (tertiary/aromatic N) is 3. The normalized spacial score (nSPS) is 12.2. The third kappa shape index (κ3) is 3.62. The van der Waals surface area contributed by atoms with Crippen LogP contribution in [0.15, 0.2) is 28.7 Å². The zero-order valence-corrected chi connectivity index (χ0v) is 13.5. The van der Waals surface area contributed by atoms with Crippen molar-refractivity contribution in [2.75, 3.05) is 23.6 Å². The van der Waals surface area contributed by atoms with Crippen molar-refractivity contribution in [2.24, 2.45) is 5.84 Å². The molecule has 0 aromatic carbocycles. The van der Waals surface area contributed by atoms with Crippen LogP contribution in [-0.4, -0.2) is 29.3 Å². The fourth-order valence-electron chi connectivity index (χ4n) is 1.84. The molecule has 5 nitrogen and oxygen atoms in total. The van der Waals surface area contributed by atoms with Gasteiger partial charge in [0.05, 0.1) is 0 Å². The Balaban J connectivity index is 2.16. The highest BCUT2D eigenvalue weighted by atomic mass is 32.2. The zero-order chi connectivity index (χ0) is 14.5. The van der Waals surface area contributed by atoms with Crippen LogP contribution in [-0.2, 0) is 6.42 Å². The number of thiophene rings is 1. The molecule has 0 saturated carbocycles. The van der Waals surface area contributed by atoms with E-state index in [9.17, 15) is 0 Å². The van der Waals surface area contributed by atoms with Crippen LogP contribution >= 0.6 is 23.1 Å². The fourth-order valence-corrected chi connectivity index (χ4v) is 3.04. The van der Waals surface area contributed by atoms with E-state index in [1.807, 2.05) is 19.4 Å². The molecular weight excluding hydrogens is 290 g/mol. The summed E-state index contributed by atoms with van der Waals surface area (Å²) in [5, 5.41) is 2.82. The maximum atomic E-state index is 5.46. The second kappa shape index (κ2) is 6.92. The molecule has 0 amide bonds. The van der Waals surface area contributed by atoms with Crippen LogP contribution < -0.4 is 16.2 Å². The van der Waals surface area contributed by atoms with Gasteiger partial charge in [0.25, 0.3) is 0 Å². The molecule has 0 aliphatic heterocycles. The first-order valence-electron chi connectivity index (χ1n) is 6.29. The third-order valence-corrected chi connectivity index (χ3v) is 4.57. The average molecular weight is 309 g/mol. The standard InChI is InChI=1S/C13H19N5S2/c1-9(7-10-5-4-6-20-10)18(2)12-8-11(17-14)15-13(16-12)19-3/h4-6,8-9H,7,14H2,1-3H3,(H,15,16,17). The number of thioether (sulfide) groups is 1. The van der Waals surface area contributed by atoms with Crippen LogP contribution in [0.1, 0.15) is 11.8 Å². The predicted octanol–water partition coefficient (Wildman–Crippen LogP) is 2.61. The SMILES string of the molecule is CSc1nc(NN)cc(N(C)C(C)Cc2cccs2)n1. The topological polar surface area (TPSA) is 67.1 Å². The predicted molar refractivity (Wildman–Crippen MR) is 87.5 cm³/mol. The van der Waals surface area contributed by atoms with Gasteiger partial charge in [0.1, 0.15) is 11.6 Å². The van der Waals surface area contributed by atoms with Gasteiger partial charge in [-0.1, -0.05) is 17.8 Å². The maximum absolute atomic E-state index is 5.46. The Morgan fingerprint density at radius 1 is 1.50 bits per heavy atom. The van der Waals surface area contributed by atoms with E-state index >= 15 is 0 Å². The van der Waals surface area contributed by atoms with E-state index in [1.54, 1.807) is 11.3 Å². The second-order valence-corrected chi connectivity index (χ2v) is 6.29. The molecule has 2 aromatic rings. The number of nitrogens with one attached hydrogen (secondary N) is 1. The van der Waals surface area contributed by atoms with E-state index in [2.05, 4.69) is 44.7 Å². The minimum Gasteiger partial charge on any atom is -0.356 e. The van der Waals surface area contributed by atoms with Crippen LogP contribution in [0.5, 0.6) is 0 Å². The molecule has 0 aliphatic rings. The molecule has 2 rings (SSSR count). The van der Waals surface area contributed by atoms with E-state index in [0.29, 0.717) is 17.0 Å². The van der Waals surface area contributed by atoms with Crippen LogP contribution in [0.3, 0.4) is 0 Å². The van der Waals surface area contributed by atoms with Gasteiger partial charge in [-0.25, -0.2) is 15.8 Å². The van der Waals surface area contributed by atoms with Gasteiger partial charge in [-0.2, -0.15) is 0 Å². The molecule has 0 fully saturated rings. The van der Waals surface area contributed by atoms with Gasteiger partial charge in [-0.15, -0.1) is 11.3 Å². The molecule has 0 aliphatic carbocycles. The quantitative estimate of drug-likeness (QED) is 0.370. The summed E-state index contributed by atoms with van der Waals surface area (Å²) in [6, 6.07) is 6.46. The Bertz CT molecular complexity index is 521. The highest BCUT2D eigenvalue weighted by molar-refractivity contribution is 7.98.